The third kappa shape index (κ3) is 4.66. The maximum Gasteiger partial charge on any atom is 0.135 e. The predicted octanol–water partition coefficient (Wildman–Crippen LogP) is 6.26. The number of hydrogen-bond donors (Lipinski definition) is 3. The molecule has 182 valence electrons. The number of benzene rings is 4. The Hall–Kier alpha value is -4.58. The second-order valence-electron chi connectivity index (χ2n) is 8.67. The Morgan fingerprint density at radius 3 is 2.03 bits per heavy atom. The highest BCUT2D eigenvalue weighted by Crippen LogP contribution is 2.50. The Morgan fingerprint density at radius 2 is 1.31 bits per heavy atom. The molecule has 0 radical (unpaired) electrons. The van der Waals surface area contributed by atoms with E-state index in [2.05, 4.69) is 6.07 Å². The van der Waals surface area contributed by atoms with Crippen LogP contribution in [0.25, 0.3) is 12.2 Å². The molecule has 2 unspecified atom stereocenters. The molecule has 0 saturated heterocycles. The van der Waals surface area contributed by atoms with Crippen LogP contribution in [0.1, 0.15) is 39.8 Å². The highest BCUT2D eigenvalue weighted by atomic mass is 16.5. The summed E-state index contributed by atoms with van der Waals surface area (Å²) in [5.74, 6) is 2.10. The van der Waals surface area contributed by atoms with Crippen LogP contribution in [0.3, 0.4) is 0 Å². The molecule has 4 aromatic rings. The molecule has 2 atom stereocenters. The molecule has 0 fully saturated rings. The standard InChI is InChI=1S/C30H26O6/c1-34-25-12-19(11-23(32)16-25)4-3-18-5-10-28-27(13-18)29(20-6-8-22(31)9-7-20)30(36-28)21-14-24(33)17-26(15-21)35-2/h3-17,29-33H,1-2H3/b4-3+. The van der Waals surface area contributed by atoms with Crippen LogP contribution in [0.15, 0.2) is 78.9 Å². The van der Waals surface area contributed by atoms with Crippen LogP contribution in [-0.4, -0.2) is 29.5 Å². The van der Waals surface area contributed by atoms with Crippen LogP contribution in [0.2, 0.25) is 0 Å². The summed E-state index contributed by atoms with van der Waals surface area (Å²) in [6.45, 7) is 0. The van der Waals surface area contributed by atoms with Crippen molar-refractivity contribution >= 4 is 12.2 Å². The van der Waals surface area contributed by atoms with Gasteiger partial charge in [0, 0.05) is 23.3 Å². The smallest absolute Gasteiger partial charge is 0.135 e. The molecular weight excluding hydrogens is 456 g/mol. The van der Waals surface area contributed by atoms with Gasteiger partial charge in [-0.15, -0.1) is 0 Å². The fourth-order valence-corrected chi connectivity index (χ4v) is 4.59. The number of aromatic hydroxyl groups is 3. The van der Waals surface area contributed by atoms with E-state index in [4.69, 9.17) is 14.2 Å². The summed E-state index contributed by atoms with van der Waals surface area (Å²) in [5, 5.41) is 30.1. The van der Waals surface area contributed by atoms with Crippen molar-refractivity contribution in [3.8, 4) is 34.5 Å². The lowest BCUT2D eigenvalue weighted by Crippen LogP contribution is -2.11. The number of phenols is 3. The van der Waals surface area contributed by atoms with Crippen LogP contribution in [0, 0.1) is 0 Å². The molecule has 1 aliphatic heterocycles. The zero-order chi connectivity index (χ0) is 25.2. The van der Waals surface area contributed by atoms with Gasteiger partial charge in [0.25, 0.3) is 0 Å². The van der Waals surface area contributed by atoms with E-state index >= 15 is 0 Å². The fraction of sp³-hybridized carbons (Fsp3) is 0.133. The summed E-state index contributed by atoms with van der Waals surface area (Å²) in [6.07, 6.45) is 3.47. The molecule has 6 heteroatoms. The third-order valence-corrected chi connectivity index (χ3v) is 6.27. The summed E-state index contributed by atoms with van der Waals surface area (Å²) in [4.78, 5) is 0. The summed E-state index contributed by atoms with van der Waals surface area (Å²) < 4.78 is 17.0. The SMILES string of the molecule is COc1cc(O)cc(/C=C/c2ccc3c(c2)C(c2ccc(O)cc2)C(c2cc(O)cc(OC)c2)O3)c1. The second kappa shape index (κ2) is 9.58. The van der Waals surface area contributed by atoms with Crippen molar-refractivity contribution < 1.29 is 29.5 Å². The van der Waals surface area contributed by atoms with E-state index in [9.17, 15) is 15.3 Å². The first kappa shape index (κ1) is 23.2. The minimum Gasteiger partial charge on any atom is -0.508 e. The van der Waals surface area contributed by atoms with E-state index in [1.807, 2.05) is 48.6 Å². The van der Waals surface area contributed by atoms with Gasteiger partial charge in [-0.1, -0.05) is 30.4 Å². The summed E-state index contributed by atoms with van der Waals surface area (Å²) in [7, 11) is 3.12. The maximum atomic E-state index is 10.3. The van der Waals surface area contributed by atoms with Crippen molar-refractivity contribution in [3.63, 3.8) is 0 Å². The van der Waals surface area contributed by atoms with Crippen molar-refractivity contribution in [2.24, 2.45) is 0 Å². The van der Waals surface area contributed by atoms with E-state index in [-0.39, 0.29) is 23.2 Å². The van der Waals surface area contributed by atoms with Crippen LogP contribution in [0.5, 0.6) is 34.5 Å². The molecular formula is C30H26O6. The summed E-state index contributed by atoms with van der Waals surface area (Å²) in [6, 6.07) is 23.2. The molecule has 6 nitrogen and oxygen atoms in total. The third-order valence-electron chi connectivity index (χ3n) is 6.27. The topological polar surface area (TPSA) is 88.4 Å². The first-order chi connectivity index (χ1) is 17.4. The average molecular weight is 483 g/mol. The molecule has 5 rings (SSSR count). The zero-order valence-corrected chi connectivity index (χ0v) is 19.9. The van der Waals surface area contributed by atoms with Gasteiger partial charge in [-0.2, -0.15) is 0 Å². The van der Waals surface area contributed by atoms with Gasteiger partial charge in [0.2, 0.25) is 0 Å². The van der Waals surface area contributed by atoms with Crippen molar-refractivity contribution in [3.05, 3.63) is 107 Å². The van der Waals surface area contributed by atoms with E-state index in [0.717, 1.165) is 33.6 Å². The minimum absolute atomic E-state index is 0.0959. The van der Waals surface area contributed by atoms with E-state index in [0.29, 0.717) is 11.5 Å². The number of fused-ring (bicyclic) bond motifs is 1. The van der Waals surface area contributed by atoms with Crippen molar-refractivity contribution in [1.82, 2.24) is 0 Å². The maximum absolute atomic E-state index is 10.3. The van der Waals surface area contributed by atoms with Gasteiger partial charge in [0.1, 0.15) is 40.6 Å². The molecule has 0 aliphatic carbocycles. The normalized spacial score (nSPS) is 16.5. The Bertz CT molecular complexity index is 1420. The Morgan fingerprint density at radius 1 is 0.639 bits per heavy atom. The number of hydrogen-bond acceptors (Lipinski definition) is 6. The largest absolute Gasteiger partial charge is 0.508 e. The molecule has 0 saturated carbocycles. The molecule has 0 bridgehead atoms. The predicted molar refractivity (Wildman–Crippen MR) is 138 cm³/mol. The molecule has 36 heavy (non-hydrogen) atoms. The molecule has 3 N–H and O–H groups in total. The quantitative estimate of drug-likeness (QED) is 0.281. The Kier molecular flexibility index (Phi) is 6.17. The van der Waals surface area contributed by atoms with Crippen LogP contribution in [0.4, 0.5) is 0 Å². The molecule has 0 spiro atoms. The summed E-state index contributed by atoms with van der Waals surface area (Å²) in [5.41, 5.74) is 4.51. The van der Waals surface area contributed by atoms with Gasteiger partial charge in [0.05, 0.1) is 20.1 Å². The van der Waals surface area contributed by atoms with Gasteiger partial charge >= 0.3 is 0 Å². The van der Waals surface area contributed by atoms with E-state index in [1.165, 1.54) is 0 Å². The van der Waals surface area contributed by atoms with Crippen molar-refractivity contribution in [2.75, 3.05) is 14.2 Å². The fourth-order valence-electron chi connectivity index (χ4n) is 4.59. The Balaban J connectivity index is 1.55. The van der Waals surface area contributed by atoms with E-state index < -0.39 is 6.10 Å². The number of methoxy groups -OCH3 is 2. The van der Waals surface area contributed by atoms with Crippen LogP contribution >= 0.6 is 0 Å². The van der Waals surface area contributed by atoms with Gasteiger partial charge in [-0.25, -0.2) is 0 Å². The molecule has 0 aromatic heterocycles. The molecule has 4 aromatic carbocycles. The monoisotopic (exact) mass is 482 g/mol. The number of ether oxygens (including phenoxy) is 3. The zero-order valence-electron chi connectivity index (χ0n) is 19.9. The van der Waals surface area contributed by atoms with Crippen molar-refractivity contribution in [1.29, 1.82) is 0 Å². The van der Waals surface area contributed by atoms with E-state index in [1.54, 1.807) is 50.6 Å². The summed E-state index contributed by atoms with van der Waals surface area (Å²) >= 11 is 0. The van der Waals surface area contributed by atoms with Crippen molar-refractivity contribution in [2.45, 2.75) is 12.0 Å². The number of phenolic OH excluding ortho intramolecular Hbond substituents is 3. The molecule has 1 heterocycles. The highest BCUT2D eigenvalue weighted by Gasteiger charge is 2.37. The first-order valence-corrected chi connectivity index (χ1v) is 11.5. The van der Waals surface area contributed by atoms with Gasteiger partial charge in [-0.3, -0.25) is 0 Å². The molecule has 0 amide bonds. The van der Waals surface area contributed by atoms with Gasteiger partial charge in [-0.05, 0) is 65.2 Å². The van der Waals surface area contributed by atoms with Gasteiger partial charge < -0.3 is 29.5 Å². The lowest BCUT2D eigenvalue weighted by atomic mass is 9.84. The Labute approximate surface area is 209 Å². The lowest BCUT2D eigenvalue weighted by Gasteiger charge is -2.21. The first-order valence-electron chi connectivity index (χ1n) is 11.5. The highest BCUT2D eigenvalue weighted by molar-refractivity contribution is 5.72. The lowest BCUT2D eigenvalue weighted by molar-refractivity contribution is 0.221. The van der Waals surface area contributed by atoms with Crippen LogP contribution < -0.4 is 14.2 Å². The van der Waals surface area contributed by atoms with Gasteiger partial charge in [0.15, 0.2) is 0 Å². The van der Waals surface area contributed by atoms with Crippen LogP contribution in [-0.2, 0) is 0 Å². The molecule has 1 aliphatic rings. The average Bonchev–Trinajstić information content (AvgIpc) is 3.26. The minimum atomic E-state index is -0.403. The second-order valence-corrected chi connectivity index (χ2v) is 8.67. The number of rotatable bonds is 6.